The summed E-state index contributed by atoms with van der Waals surface area (Å²) in [6.07, 6.45) is 8.91. The maximum Gasteiger partial charge on any atom is 0.274 e. The van der Waals surface area contributed by atoms with E-state index in [1.165, 1.54) is 11.3 Å². The number of amides is 3. The van der Waals surface area contributed by atoms with E-state index in [0.717, 1.165) is 41.6 Å². The average molecular weight is 678 g/mol. The van der Waals surface area contributed by atoms with Gasteiger partial charge in [0.2, 0.25) is 21.8 Å². The van der Waals surface area contributed by atoms with Crippen LogP contribution in [0.4, 0.5) is 5.69 Å². The van der Waals surface area contributed by atoms with Crippen LogP contribution in [-0.2, 0) is 24.4 Å². The van der Waals surface area contributed by atoms with Crippen LogP contribution >= 0.6 is 11.3 Å². The number of carbonyl (C=O) groups excluding carboxylic acids is 3. The fraction of sp³-hybridized carbons (Fsp3) is 0.471. The van der Waals surface area contributed by atoms with E-state index in [9.17, 15) is 22.8 Å². The molecule has 248 valence electrons. The number of benzene rings is 2. The van der Waals surface area contributed by atoms with Gasteiger partial charge < -0.3 is 20.3 Å². The number of anilines is 1. The summed E-state index contributed by atoms with van der Waals surface area (Å²) in [6, 6.07) is 15.7. The number of thiazole rings is 1. The molecule has 2 aliphatic carbocycles. The van der Waals surface area contributed by atoms with E-state index in [2.05, 4.69) is 20.3 Å². The second kappa shape index (κ2) is 12.9. The Bertz CT molecular complexity index is 1760. The van der Waals surface area contributed by atoms with Crippen LogP contribution in [0.1, 0.15) is 57.8 Å². The SMILES string of the molecule is O=C1N[C@]2(C(=O)NS(=O)(=O)C3CC3)C[C@H]2/C=C\CCCCC[C@H](Nc2ccccc2)C(=O)N2C[C@H](Oc3nc4ccccc4s3)C[C@@H]12. The van der Waals surface area contributed by atoms with Gasteiger partial charge in [-0.05, 0) is 62.8 Å². The van der Waals surface area contributed by atoms with E-state index in [1.54, 1.807) is 4.90 Å². The van der Waals surface area contributed by atoms with Gasteiger partial charge in [0.1, 0.15) is 23.7 Å². The molecular formula is C34H39N5O6S2. The Morgan fingerprint density at radius 3 is 2.60 bits per heavy atom. The molecule has 2 saturated carbocycles. The van der Waals surface area contributed by atoms with Crippen molar-refractivity contribution in [1.29, 1.82) is 0 Å². The van der Waals surface area contributed by atoms with Crippen molar-refractivity contribution < 1.29 is 27.5 Å². The molecule has 3 aromatic rings. The molecule has 3 amide bonds. The molecule has 2 aromatic carbocycles. The monoisotopic (exact) mass is 677 g/mol. The van der Waals surface area contributed by atoms with Gasteiger partial charge in [-0.3, -0.25) is 19.1 Å². The average Bonchev–Trinajstić information content (AvgIpc) is 3.95. The molecule has 11 nitrogen and oxygen atoms in total. The lowest BCUT2D eigenvalue weighted by Gasteiger charge is -2.30. The summed E-state index contributed by atoms with van der Waals surface area (Å²) in [4.78, 5) is 48.3. The normalized spacial score (nSPS) is 29.1. The number of aromatic nitrogens is 1. The number of sulfonamides is 1. The molecule has 47 heavy (non-hydrogen) atoms. The molecule has 2 aliphatic heterocycles. The Kier molecular flexibility index (Phi) is 8.69. The van der Waals surface area contributed by atoms with Gasteiger partial charge in [-0.25, -0.2) is 13.4 Å². The van der Waals surface area contributed by atoms with Gasteiger partial charge in [0.05, 0.1) is 22.0 Å². The molecule has 0 unspecified atom stereocenters. The summed E-state index contributed by atoms with van der Waals surface area (Å²) in [5, 5.41) is 6.21. The van der Waals surface area contributed by atoms with Crippen LogP contribution in [0.2, 0.25) is 0 Å². The molecule has 3 heterocycles. The third kappa shape index (κ3) is 6.87. The van der Waals surface area contributed by atoms with Crippen molar-refractivity contribution in [2.24, 2.45) is 5.92 Å². The molecule has 3 fully saturated rings. The highest BCUT2D eigenvalue weighted by Gasteiger charge is 2.62. The van der Waals surface area contributed by atoms with Crippen LogP contribution in [0.3, 0.4) is 0 Å². The van der Waals surface area contributed by atoms with Crippen molar-refractivity contribution in [3.63, 3.8) is 0 Å². The smallest absolute Gasteiger partial charge is 0.274 e. The molecule has 0 bridgehead atoms. The molecule has 1 saturated heterocycles. The summed E-state index contributed by atoms with van der Waals surface area (Å²) in [5.74, 6) is -1.80. The highest BCUT2D eigenvalue weighted by molar-refractivity contribution is 7.91. The number of para-hydroxylation sites is 2. The zero-order valence-corrected chi connectivity index (χ0v) is 27.6. The van der Waals surface area contributed by atoms with Gasteiger partial charge in [-0.1, -0.05) is 66.7 Å². The summed E-state index contributed by atoms with van der Waals surface area (Å²) < 4.78 is 35.0. The van der Waals surface area contributed by atoms with Gasteiger partial charge in [0.25, 0.3) is 11.1 Å². The summed E-state index contributed by atoms with van der Waals surface area (Å²) in [6.45, 7) is 0.165. The number of allylic oxidation sites excluding steroid dienone is 1. The number of hydrogen-bond donors (Lipinski definition) is 3. The molecule has 7 rings (SSSR count). The highest BCUT2D eigenvalue weighted by Crippen LogP contribution is 2.46. The van der Waals surface area contributed by atoms with E-state index in [1.807, 2.05) is 66.7 Å². The standard InChI is InChI=1S/C34H39N5O6S2/c40-30-28-19-24(45-33-36-26-14-9-10-16-29(26)46-33)21-39(28)31(41)27(35-23-12-6-4-7-13-23)15-8-3-1-2-5-11-22-20-34(22,37-30)32(42)38-47(43,44)25-17-18-25/h4-7,9-14,16,22,24-25,27-28,35H,1-3,8,15,17-21H2,(H,37,40)(H,38,42)/b11-5-/t22-,24-,27+,28+,34-/m1/s1. The number of hydrogen-bond acceptors (Lipinski definition) is 9. The highest BCUT2D eigenvalue weighted by atomic mass is 32.2. The van der Waals surface area contributed by atoms with E-state index in [-0.39, 0.29) is 31.2 Å². The number of fused-ring (bicyclic) bond motifs is 3. The predicted octanol–water partition coefficient (Wildman–Crippen LogP) is 4.13. The topological polar surface area (TPSA) is 147 Å². The van der Waals surface area contributed by atoms with Gasteiger partial charge in [0, 0.05) is 18.0 Å². The molecule has 13 heteroatoms. The summed E-state index contributed by atoms with van der Waals surface area (Å²) >= 11 is 1.40. The van der Waals surface area contributed by atoms with Gasteiger partial charge in [-0.2, -0.15) is 0 Å². The molecule has 4 aliphatic rings. The number of nitrogens with one attached hydrogen (secondary N) is 3. The maximum absolute atomic E-state index is 14.4. The van der Waals surface area contributed by atoms with Crippen molar-refractivity contribution in [3.05, 3.63) is 66.7 Å². The first kappa shape index (κ1) is 31.6. The minimum Gasteiger partial charge on any atom is -0.465 e. The second-order valence-corrected chi connectivity index (χ2v) is 16.0. The van der Waals surface area contributed by atoms with Crippen molar-refractivity contribution in [1.82, 2.24) is 19.9 Å². The molecule has 1 aromatic heterocycles. The van der Waals surface area contributed by atoms with Crippen molar-refractivity contribution in [2.75, 3.05) is 11.9 Å². The Morgan fingerprint density at radius 1 is 1.02 bits per heavy atom. The minimum atomic E-state index is -3.82. The van der Waals surface area contributed by atoms with Gasteiger partial charge in [0.15, 0.2) is 0 Å². The number of rotatable bonds is 7. The summed E-state index contributed by atoms with van der Waals surface area (Å²) in [5.41, 5.74) is 0.212. The largest absolute Gasteiger partial charge is 0.465 e. The summed E-state index contributed by atoms with van der Waals surface area (Å²) in [7, 11) is -3.82. The lowest BCUT2D eigenvalue weighted by Crippen LogP contribution is -2.57. The van der Waals surface area contributed by atoms with Crippen LogP contribution in [0.15, 0.2) is 66.7 Å². The van der Waals surface area contributed by atoms with E-state index < -0.39 is 50.8 Å². The van der Waals surface area contributed by atoms with Gasteiger partial charge >= 0.3 is 0 Å². The van der Waals surface area contributed by atoms with Crippen LogP contribution in [-0.4, -0.2) is 71.5 Å². The first-order chi connectivity index (χ1) is 22.7. The number of ether oxygens (including phenoxy) is 1. The Hall–Kier alpha value is -3.97. The maximum atomic E-state index is 14.4. The third-order valence-electron chi connectivity index (χ3n) is 9.50. The first-order valence-electron chi connectivity index (χ1n) is 16.4. The van der Waals surface area contributed by atoms with Crippen LogP contribution < -0.4 is 20.1 Å². The van der Waals surface area contributed by atoms with Crippen LogP contribution in [0.5, 0.6) is 5.19 Å². The fourth-order valence-corrected chi connectivity index (χ4v) is 8.87. The van der Waals surface area contributed by atoms with E-state index >= 15 is 0 Å². The molecular weight excluding hydrogens is 639 g/mol. The number of nitrogens with zero attached hydrogens (tertiary/aromatic N) is 2. The lowest BCUT2D eigenvalue weighted by molar-refractivity contribution is -0.140. The second-order valence-electron chi connectivity index (χ2n) is 13.0. The van der Waals surface area contributed by atoms with Gasteiger partial charge in [-0.15, -0.1) is 0 Å². The van der Waals surface area contributed by atoms with Crippen LogP contribution in [0, 0.1) is 5.92 Å². The third-order valence-corrected chi connectivity index (χ3v) is 12.2. The zero-order chi connectivity index (χ0) is 32.6. The Morgan fingerprint density at radius 2 is 1.81 bits per heavy atom. The van der Waals surface area contributed by atoms with Crippen molar-refractivity contribution >= 4 is 55.0 Å². The first-order valence-corrected chi connectivity index (χ1v) is 18.8. The Labute approximate surface area is 278 Å². The zero-order valence-electron chi connectivity index (χ0n) is 26.0. The predicted molar refractivity (Wildman–Crippen MR) is 179 cm³/mol. The number of carbonyl (C=O) groups is 3. The fourth-order valence-electron chi connectivity index (χ4n) is 6.63. The molecule has 3 N–H and O–H groups in total. The van der Waals surface area contributed by atoms with Crippen molar-refractivity contribution in [2.45, 2.75) is 86.8 Å². The molecule has 0 spiro atoms. The molecule has 5 atom stereocenters. The minimum absolute atomic E-state index is 0.165. The van der Waals surface area contributed by atoms with E-state index in [4.69, 9.17) is 4.74 Å². The van der Waals surface area contributed by atoms with Crippen molar-refractivity contribution in [3.8, 4) is 5.19 Å². The Balaban J connectivity index is 1.18. The van der Waals surface area contributed by atoms with E-state index in [0.29, 0.717) is 24.5 Å². The lowest BCUT2D eigenvalue weighted by atomic mass is 10.0. The quantitative estimate of drug-likeness (QED) is 0.317. The van der Waals surface area contributed by atoms with Crippen LogP contribution in [0.25, 0.3) is 10.2 Å². The molecule has 0 radical (unpaired) electrons.